The van der Waals surface area contributed by atoms with Crippen molar-refractivity contribution in [3.05, 3.63) is 12.7 Å². The molecule has 0 radical (unpaired) electrons. The number of alkyl halides is 3. The van der Waals surface area contributed by atoms with Gasteiger partial charge >= 0.3 is 6.36 Å². The van der Waals surface area contributed by atoms with Crippen LogP contribution in [0.2, 0.25) is 0 Å². The lowest BCUT2D eigenvalue weighted by atomic mass is 10.2. The number of likely N-dealkylation sites (N-methyl/N-ethyl adjacent to an activating group) is 1. The number of rotatable bonds is 2. The molecule has 2 atom stereocenters. The van der Waals surface area contributed by atoms with Gasteiger partial charge in [0.2, 0.25) is 0 Å². The predicted molar refractivity (Wildman–Crippen MR) is 68.2 cm³/mol. The molecule has 0 amide bonds. The Morgan fingerprint density at radius 2 is 1.89 bits per heavy atom. The number of likely N-dealkylation sites (tertiary alicyclic amines) is 1. The minimum atomic E-state index is -4.50. The highest BCUT2D eigenvalue weighted by atomic mass is 19.4. The Morgan fingerprint density at radius 1 is 1.44 bits per heavy atom. The van der Waals surface area contributed by atoms with Gasteiger partial charge in [-0.05, 0) is 20.4 Å². The van der Waals surface area contributed by atoms with Crippen molar-refractivity contribution in [1.82, 2.24) is 4.90 Å². The Morgan fingerprint density at radius 3 is 2.11 bits per heavy atom. The fourth-order valence-corrected chi connectivity index (χ4v) is 1.39. The van der Waals surface area contributed by atoms with Crippen LogP contribution < -0.4 is 5.73 Å². The van der Waals surface area contributed by atoms with E-state index in [4.69, 9.17) is 5.73 Å². The molecule has 0 aromatic heterocycles. The molecule has 1 heterocycles. The van der Waals surface area contributed by atoms with Crippen molar-refractivity contribution in [3.8, 4) is 0 Å². The van der Waals surface area contributed by atoms with Gasteiger partial charge in [0.05, 0.1) is 6.10 Å². The smallest absolute Gasteiger partial charge is 0.327 e. The van der Waals surface area contributed by atoms with Crippen LogP contribution >= 0.6 is 0 Å². The normalized spacial score (nSPS) is 23.6. The summed E-state index contributed by atoms with van der Waals surface area (Å²) in [5.41, 5.74) is 4.91. The van der Waals surface area contributed by atoms with Crippen LogP contribution in [0.15, 0.2) is 12.7 Å². The van der Waals surface area contributed by atoms with Crippen LogP contribution in [-0.4, -0.2) is 43.5 Å². The predicted octanol–water partition coefficient (Wildman–Crippen LogP) is 2.77. The van der Waals surface area contributed by atoms with Gasteiger partial charge < -0.3 is 10.6 Å². The van der Waals surface area contributed by atoms with Crippen molar-refractivity contribution in [3.63, 3.8) is 0 Å². The maximum atomic E-state index is 11.8. The number of nitrogens with zero attached hydrogens (tertiary/aromatic N) is 1. The highest BCUT2D eigenvalue weighted by Crippen LogP contribution is 2.26. The number of ether oxygens (including phenoxy) is 1. The van der Waals surface area contributed by atoms with Crippen LogP contribution in [0.4, 0.5) is 13.2 Å². The molecule has 110 valence electrons. The summed E-state index contributed by atoms with van der Waals surface area (Å²) in [6.45, 7) is 10.3. The van der Waals surface area contributed by atoms with E-state index in [0.717, 1.165) is 0 Å². The zero-order valence-electron chi connectivity index (χ0n) is 11.6. The summed E-state index contributed by atoms with van der Waals surface area (Å²) >= 11 is 0. The van der Waals surface area contributed by atoms with Crippen LogP contribution in [0, 0.1) is 0 Å². The van der Waals surface area contributed by atoms with Crippen molar-refractivity contribution in [1.29, 1.82) is 0 Å². The minimum absolute atomic E-state index is 0.147. The molecule has 0 aromatic rings. The SMILES string of the molecule is C=CCN.CC.CC1C(OC(F)(F)F)CCN1C. The molecular formula is C12H25F3N2O. The second kappa shape index (κ2) is 10.3. The second-order valence-electron chi connectivity index (χ2n) is 3.64. The van der Waals surface area contributed by atoms with Gasteiger partial charge in [-0.25, -0.2) is 0 Å². The van der Waals surface area contributed by atoms with Crippen molar-refractivity contribution in [2.24, 2.45) is 5.73 Å². The summed E-state index contributed by atoms with van der Waals surface area (Å²) < 4.78 is 39.2. The molecule has 1 fully saturated rings. The van der Waals surface area contributed by atoms with Crippen molar-refractivity contribution >= 4 is 0 Å². The lowest BCUT2D eigenvalue weighted by molar-refractivity contribution is -0.343. The third kappa shape index (κ3) is 9.44. The van der Waals surface area contributed by atoms with E-state index >= 15 is 0 Å². The molecule has 1 aliphatic heterocycles. The third-order valence-corrected chi connectivity index (χ3v) is 2.45. The molecule has 3 nitrogen and oxygen atoms in total. The Hall–Kier alpha value is -0.590. The largest absolute Gasteiger partial charge is 0.522 e. The van der Waals surface area contributed by atoms with Gasteiger partial charge in [-0.15, -0.1) is 19.8 Å². The Balaban J connectivity index is 0. The number of halogens is 3. The molecule has 2 N–H and O–H groups in total. The first-order valence-electron chi connectivity index (χ1n) is 6.07. The monoisotopic (exact) mass is 270 g/mol. The summed E-state index contributed by atoms with van der Waals surface area (Å²) in [6.07, 6.45) is -3.09. The average molecular weight is 270 g/mol. The maximum Gasteiger partial charge on any atom is 0.522 e. The van der Waals surface area contributed by atoms with Crippen molar-refractivity contribution < 1.29 is 17.9 Å². The molecule has 18 heavy (non-hydrogen) atoms. The lowest BCUT2D eigenvalue weighted by Gasteiger charge is -2.21. The molecule has 6 heteroatoms. The van der Waals surface area contributed by atoms with Gasteiger partial charge in [0.15, 0.2) is 0 Å². The molecule has 0 spiro atoms. The van der Waals surface area contributed by atoms with Crippen molar-refractivity contribution in [2.45, 2.75) is 45.7 Å². The van der Waals surface area contributed by atoms with Gasteiger partial charge in [0.25, 0.3) is 0 Å². The Kier molecular flexibility index (Phi) is 11.3. The third-order valence-electron chi connectivity index (χ3n) is 2.45. The van der Waals surface area contributed by atoms with Gasteiger partial charge in [0, 0.05) is 19.1 Å². The summed E-state index contributed by atoms with van der Waals surface area (Å²) in [5, 5.41) is 0. The van der Waals surface area contributed by atoms with Crippen LogP contribution in [0.1, 0.15) is 27.2 Å². The maximum absolute atomic E-state index is 11.8. The zero-order valence-corrected chi connectivity index (χ0v) is 11.6. The van der Waals surface area contributed by atoms with Crippen LogP contribution in [0.3, 0.4) is 0 Å². The molecule has 1 aliphatic rings. The van der Waals surface area contributed by atoms with E-state index in [1.54, 1.807) is 20.0 Å². The fraction of sp³-hybridized carbons (Fsp3) is 0.833. The van der Waals surface area contributed by atoms with Gasteiger partial charge in [0.1, 0.15) is 0 Å². The van der Waals surface area contributed by atoms with E-state index in [2.05, 4.69) is 11.3 Å². The Labute approximate surface area is 108 Å². The quantitative estimate of drug-likeness (QED) is 0.784. The summed E-state index contributed by atoms with van der Waals surface area (Å²) in [6, 6.07) is -0.147. The minimum Gasteiger partial charge on any atom is -0.327 e. The highest BCUT2D eigenvalue weighted by Gasteiger charge is 2.39. The van der Waals surface area contributed by atoms with Crippen molar-refractivity contribution in [2.75, 3.05) is 20.1 Å². The number of nitrogens with two attached hydrogens (primary N) is 1. The zero-order chi connectivity index (χ0) is 14.8. The summed E-state index contributed by atoms with van der Waals surface area (Å²) in [5.74, 6) is 0. The van der Waals surface area contributed by atoms with Gasteiger partial charge in [-0.1, -0.05) is 19.9 Å². The molecular weight excluding hydrogens is 245 g/mol. The molecule has 1 rings (SSSR count). The first-order chi connectivity index (χ1) is 8.31. The second-order valence-corrected chi connectivity index (χ2v) is 3.64. The van der Waals surface area contributed by atoms with Gasteiger partial charge in [-0.2, -0.15) is 0 Å². The number of hydrogen-bond acceptors (Lipinski definition) is 3. The van der Waals surface area contributed by atoms with Crippen LogP contribution in [-0.2, 0) is 4.74 Å². The summed E-state index contributed by atoms with van der Waals surface area (Å²) in [7, 11) is 1.80. The fourth-order valence-electron chi connectivity index (χ4n) is 1.39. The molecule has 0 saturated carbocycles. The molecule has 2 unspecified atom stereocenters. The average Bonchev–Trinajstić information content (AvgIpc) is 2.62. The van der Waals surface area contributed by atoms with Crippen LogP contribution in [0.25, 0.3) is 0 Å². The number of hydrogen-bond donors (Lipinski definition) is 1. The van der Waals surface area contributed by atoms with E-state index in [0.29, 0.717) is 19.5 Å². The standard InChI is InChI=1S/C7H12F3NO.C3H7N.C2H6/c1-5-6(3-4-11(5)2)12-7(8,9)10;1-2-3-4;1-2/h5-6H,3-4H2,1-2H3;2H,1,3-4H2;1-2H3. The van der Waals surface area contributed by atoms with E-state index in [-0.39, 0.29) is 6.04 Å². The van der Waals surface area contributed by atoms with E-state index in [1.165, 1.54) is 0 Å². The van der Waals surface area contributed by atoms with E-state index < -0.39 is 12.5 Å². The van der Waals surface area contributed by atoms with Gasteiger partial charge in [-0.3, -0.25) is 4.74 Å². The lowest BCUT2D eigenvalue weighted by Crippen LogP contribution is -2.34. The van der Waals surface area contributed by atoms with E-state index in [1.807, 2.05) is 18.7 Å². The summed E-state index contributed by atoms with van der Waals surface area (Å²) in [4.78, 5) is 1.86. The molecule has 0 aromatic carbocycles. The molecule has 0 bridgehead atoms. The molecule has 0 aliphatic carbocycles. The topological polar surface area (TPSA) is 38.5 Å². The highest BCUT2D eigenvalue weighted by molar-refractivity contribution is 4.82. The molecule has 1 saturated heterocycles. The van der Waals surface area contributed by atoms with Crippen LogP contribution in [0.5, 0.6) is 0 Å². The van der Waals surface area contributed by atoms with E-state index in [9.17, 15) is 13.2 Å². The first kappa shape index (κ1) is 19.7. The Bertz CT molecular complexity index is 210. The first-order valence-corrected chi connectivity index (χ1v) is 6.07.